The van der Waals surface area contributed by atoms with E-state index in [1.165, 1.54) is 0 Å². The van der Waals surface area contributed by atoms with Gasteiger partial charge in [0.15, 0.2) is 0 Å². The average molecular weight is 556 g/mol. The number of benzene rings is 2. The first-order valence-corrected chi connectivity index (χ1v) is 13.0. The second-order valence-electron chi connectivity index (χ2n) is 9.63. The molecule has 0 spiro atoms. The number of carboxylic acid groups (broad SMARTS) is 1. The molecule has 0 aromatic heterocycles. The van der Waals surface area contributed by atoms with Crippen molar-refractivity contribution in [3.8, 4) is 0 Å². The van der Waals surface area contributed by atoms with E-state index in [-0.39, 0.29) is 24.9 Å². The molecule has 11 heteroatoms. The third-order valence-corrected chi connectivity index (χ3v) is 6.27. The Labute approximate surface area is 226 Å². The first-order valence-electron chi connectivity index (χ1n) is 13.0. The van der Waals surface area contributed by atoms with E-state index in [9.17, 15) is 32.3 Å². The van der Waals surface area contributed by atoms with Gasteiger partial charge in [0.1, 0.15) is 17.7 Å². The number of hydrogen-bond acceptors (Lipinski definition) is 4. The van der Waals surface area contributed by atoms with Crippen LogP contribution in [0.1, 0.15) is 56.2 Å². The van der Waals surface area contributed by atoms with Gasteiger partial charge in [0.05, 0.1) is 12.1 Å². The third kappa shape index (κ3) is 11.6. The summed E-state index contributed by atoms with van der Waals surface area (Å²) in [6, 6.07) is 7.53. The smallest absolute Gasteiger partial charge is 0.405 e. The molecule has 0 bridgehead atoms. The molecule has 2 amide bonds. The van der Waals surface area contributed by atoms with E-state index < -0.39 is 60.6 Å². The number of alkyl halides is 2. The molecular weight excluding hydrogens is 518 g/mol. The highest BCUT2D eigenvalue weighted by molar-refractivity contribution is 5.85. The number of nitrogens with one attached hydrogen (secondary N) is 3. The number of carbonyl (C=O) groups is 2. The quantitative estimate of drug-likeness (QED) is 0.195. The standard InChI is InChI=1S/C28H37F4N3O4/c1-3-5-9-28(31,32)15-24(35-27(38)39)26(37)34-23(13-20-11-21(29)14-22(30)12-20)25(36)17-33-16-19-8-6-7-18(4-2)10-19/h6-8,10-12,14,23-25,33,35-36H,3-5,9,13,15-17H2,1-2H3,(H,34,37)(H,38,39)/t23-,24+,25+/m0/s1. The highest BCUT2D eigenvalue weighted by Crippen LogP contribution is 2.27. The van der Waals surface area contributed by atoms with Crippen LogP contribution in [0.3, 0.4) is 0 Å². The summed E-state index contributed by atoms with van der Waals surface area (Å²) in [7, 11) is 0. The number of carbonyl (C=O) groups excluding carboxylic acids is 1. The van der Waals surface area contributed by atoms with Gasteiger partial charge in [-0.3, -0.25) is 4.79 Å². The predicted molar refractivity (Wildman–Crippen MR) is 140 cm³/mol. The summed E-state index contributed by atoms with van der Waals surface area (Å²) >= 11 is 0. The Morgan fingerprint density at radius 2 is 1.64 bits per heavy atom. The summed E-state index contributed by atoms with van der Waals surface area (Å²) in [5.74, 6) is -6.11. The van der Waals surface area contributed by atoms with Crippen molar-refractivity contribution in [3.05, 3.63) is 70.8 Å². The molecule has 2 aromatic rings. The molecule has 0 saturated carbocycles. The van der Waals surface area contributed by atoms with E-state index >= 15 is 0 Å². The lowest BCUT2D eigenvalue weighted by atomic mass is 9.98. The number of unbranched alkanes of at least 4 members (excludes halogenated alkanes) is 1. The van der Waals surface area contributed by atoms with Crippen LogP contribution in [0.25, 0.3) is 0 Å². The highest BCUT2D eigenvalue weighted by Gasteiger charge is 2.37. The Kier molecular flexibility index (Phi) is 12.7. The van der Waals surface area contributed by atoms with Gasteiger partial charge >= 0.3 is 6.09 Å². The van der Waals surface area contributed by atoms with Crippen LogP contribution >= 0.6 is 0 Å². The molecule has 2 aromatic carbocycles. The summed E-state index contributed by atoms with van der Waals surface area (Å²) in [6.45, 7) is 4.08. The molecule has 5 N–H and O–H groups in total. The van der Waals surface area contributed by atoms with Crippen molar-refractivity contribution in [2.45, 2.75) is 83.0 Å². The maximum absolute atomic E-state index is 14.4. The lowest BCUT2D eigenvalue weighted by Crippen LogP contribution is -2.55. The van der Waals surface area contributed by atoms with E-state index in [0.29, 0.717) is 19.0 Å². The Hall–Kier alpha value is -3.18. The van der Waals surface area contributed by atoms with E-state index in [1.54, 1.807) is 6.92 Å². The van der Waals surface area contributed by atoms with E-state index in [4.69, 9.17) is 5.11 Å². The largest absolute Gasteiger partial charge is 0.465 e. The van der Waals surface area contributed by atoms with Crippen LogP contribution in [0.2, 0.25) is 0 Å². The minimum absolute atomic E-state index is 0.0528. The van der Waals surface area contributed by atoms with Gasteiger partial charge in [0, 0.05) is 32.0 Å². The molecule has 39 heavy (non-hydrogen) atoms. The molecule has 0 unspecified atom stereocenters. The Bertz CT molecular complexity index is 1070. The number of aliphatic hydroxyl groups excluding tert-OH is 1. The van der Waals surface area contributed by atoms with Crippen molar-refractivity contribution in [2.24, 2.45) is 0 Å². The van der Waals surface area contributed by atoms with Crippen LogP contribution in [-0.2, 0) is 24.2 Å². The Morgan fingerprint density at radius 3 is 2.26 bits per heavy atom. The molecule has 0 heterocycles. The number of hydrogen-bond donors (Lipinski definition) is 5. The van der Waals surface area contributed by atoms with Gasteiger partial charge in [-0.2, -0.15) is 0 Å². The summed E-state index contributed by atoms with van der Waals surface area (Å²) < 4.78 is 56.4. The van der Waals surface area contributed by atoms with Crippen LogP contribution in [-0.4, -0.2) is 52.9 Å². The Balaban J connectivity index is 2.19. The first kappa shape index (κ1) is 32.0. The maximum atomic E-state index is 14.4. The number of rotatable bonds is 16. The van der Waals surface area contributed by atoms with Gasteiger partial charge in [0.25, 0.3) is 5.92 Å². The fourth-order valence-corrected chi connectivity index (χ4v) is 4.21. The van der Waals surface area contributed by atoms with Gasteiger partial charge in [0.2, 0.25) is 5.91 Å². The molecule has 7 nitrogen and oxygen atoms in total. The van der Waals surface area contributed by atoms with E-state index in [0.717, 1.165) is 29.7 Å². The lowest BCUT2D eigenvalue weighted by Gasteiger charge is -2.28. The topological polar surface area (TPSA) is 111 Å². The van der Waals surface area contributed by atoms with Gasteiger partial charge < -0.3 is 26.2 Å². The third-order valence-electron chi connectivity index (χ3n) is 6.27. The van der Waals surface area contributed by atoms with Crippen molar-refractivity contribution in [1.29, 1.82) is 0 Å². The minimum atomic E-state index is -3.31. The summed E-state index contributed by atoms with van der Waals surface area (Å²) in [5.41, 5.74) is 2.19. The van der Waals surface area contributed by atoms with Crippen LogP contribution < -0.4 is 16.0 Å². The molecule has 0 saturated heterocycles. The number of aryl methyl sites for hydroxylation is 1. The molecule has 216 valence electrons. The summed E-state index contributed by atoms with van der Waals surface area (Å²) in [5, 5.41) is 27.3. The van der Waals surface area contributed by atoms with Crippen molar-refractivity contribution < 1.29 is 37.4 Å². The SMILES string of the molecule is CCCCC(F)(F)C[C@@H](NC(=O)O)C(=O)N[C@@H](Cc1cc(F)cc(F)c1)[C@H](O)CNCc1cccc(CC)c1. The Morgan fingerprint density at radius 1 is 0.974 bits per heavy atom. The monoisotopic (exact) mass is 555 g/mol. The lowest BCUT2D eigenvalue weighted by molar-refractivity contribution is -0.127. The molecule has 2 rings (SSSR count). The van der Waals surface area contributed by atoms with Crippen LogP contribution in [0, 0.1) is 11.6 Å². The van der Waals surface area contributed by atoms with Gasteiger partial charge in [-0.15, -0.1) is 0 Å². The number of aliphatic hydroxyl groups is 1. The van der Waals surface area contributed by atoms with Crippen molar-refractivity contribution in [3.63, 3.8) is 0 Å². The van der Waals surface area contributed by atoms with Gasteiger partial charge in [-0.25, -0.2) is 22.4 Å². The van der Waals surface area contributed by atoms with E-state index in [2.05, 4.69) is 10.6 Å². The molecule has 3 atom stereocenters. The first-order chi connectivity index (χ1) is 18.4. The normalized spacial score (nSPS) is 13.9. The molecule has 0 aliphatic heterocycles. The molecule has 0 aliphatic carbocycles. The second-order valence-corrected chi connectivity index (χ2v) is 9.63. The molecule has 0 aliphatic rings. The zero-order valence-corrected chi connectivity index (χ0v) is 22.2. The number of halogens is 4. The van der Waals surface area contributed by atoms with Gasteiger partial charge in [-0.1, -0.05) is 44.5 Å². The zero-order valence-electron chi connectivity index (χ0n) is 22.2. The fourth-order valence-electron chi connectivity index (χ4n) is 4.21. The van der Waals surface area contributed by atoms with Crippen LogP contribution in [0.15, 0.2) is 42.5 Å². The fraction of sp³-hybridized carbons (Fsp3) is 0.500. The average Bonchev–Trinajstić information content (AvgIpc) is 2.85. The maximum Gasteiger partial charge on any atom is 0.405 e. The minimum Gasteiger partial charge on any atom is -0.465 e. The molecule has 0 fully saturated rings. The molecule has 0 radical (unpaired) electrons. The van der Waals surface area contributed by atoms with Crippen molar-refractivity contribution in [2.75, 3.05) is 6.54 Å². The van der Waals surface area contributed by atoms with Crippen molar-refractivity contribution in [1.82, 2.24) is 16.0 Å². The van der Waals surface area contributed by atoms with Crippen molar-refractivity contribution >= 4 is 12.0 Å². The molecular formula is C28H37F4N3O4. The van der Waals surface area contributed by atoms with E-state index in [1.807, 2.05) is 36.5 Å². The summed E-state index contributed by atoms with van der Waals surface area (Å²) in [6.07, 6.45) is -3.28. The highest BCUT2D eigenvalue weighted by atomic mass is 19.3. The zero-order chi connectivity index (χ0) is 29.0. The summed E-state index contributed by atoms with van der Waals surface area (Å²) in [4.78, 5) is 24.2. The van der Waals surface area contributed by atoms with Crippen LogP contribution in [0.4, 0.5) is 22.4 Å². The second kappa shape index (κ2) is 15.4. The predicted octanol–water partition coefficient (Wildman–Crippen LogP) is 4.56. The van der Waals surface area contributed by atoms with Gasteiger partial charge in [-0.05, 0) is 48.1 Å². The number of amides is 2. The van der Waals surface area contributed by atoms with Crippen LogP contribution in [0.5, 0.6) is 0 Å².